The number of anilines is 1. The summed E-state index contributed by atoms with van der Waals surface area (Å²) < 4.78 is 0. The number of thiocarbonyl (C=S) groups is 1. The Hall–Kier alpha value is -3.19. The maximum absolute atomic E-state index is 12.7. The van der Waals surface area contributed by atoms with E-state index in [0.717, 1.165) is 25.7 Å². The van der Waals surface area contributed by atoms with Gasteiger partial charge >= 0.3 is 5.97 Å². The van der Waals surface area contributed by atoms with Crippen LogP contribution in [0.2, 0.25) is 0 Å². The van der Waals surface area contributed by atoms with Crippen LogP contribution < -0.4 is 21.3 Å². The van der Waals surface area contributed by atoms with Crippen molar-refractivity contribution in [1.82, 2.24) is 16.0 Å². The normalized spacial score (nSPS) is 16.9. The van der Waals surface area contributed by atoms with Crippen molar-refractivity contribution in [3.8, 4) is 6.07 Å². The van der Waals surface area contributed by atoms with Gasteiger partial charge in [-0.3, -0.25) is 14.4 Å². The summed E-state index contributed by atoms with van der Waals surface area (Å²) in [4.78, 5) is 36.6. The molecule has 0 bridgehead atoms. The smallest absolute Gasteiger partial charge is 0.305 e. The summed E-state index contributed by atoms with van der Waals surface area (Å²) >= 11 is 5.20. The third-order valence-corrected chi connectivity index (χ3v) is 5.81. The van der Waals surface area contributed by atoms with Gasteiger partial charge in [0, 0.05) is 11.7 Å². The predicted molar refractivity (Wildman–Crippen MR) is 122 cm³/mol. The molecule has 0 saturated heterocycles. The van der Waals surface area contributed by atoms with E-state index in [1.54, 1.807) is 31.2 Å². The lowest BCUT2D eigenvalue weighted by Crippen LogP contribution is -2.55. The van der Waals surface area contributed by atoms with Gasteiger partial charge in [-0.1, -0.05) is 0 Å². The lowest BCUT2D eigenvalue weighted by Gasteiger charge is -2.24. The Labute approximate surface area is 191 Å². The third kappa shape index (κ3) is 6.92. The van der Waals surface area contributed by atoms with Crippen LogP contribution in [0.3, 0.4) is 0 Å². The number of carbonyl (C=O) groups excluding carboxylic acids is 2. The van der Waals surface area contributed by atoms with Crippen molar-refractivity contribution in [1.29, 1.82) is 5.26 Å². The third-order valence-electron chi connectivity index (χ3n) is 5.59. The number of carboxylic acids is 1. The highest BCUT2D eigenvalue weighted by molar-refractivity contribution is 7.80. The molecule has 1 aromatic rings. The first-order valence-corrected chi connectivity index (χ1v) is 11.1. The minimum absolute atomic E-state index is 0.0516. The number of nitrogens with zero attached hydrogens (tertiary/aromatic N) is 1. The SMILES string of the molecule is CC(NC(=O)C(CC(=O)O)NC(=S)Nc1ccc(C#N)cc1)C(=O)NC(C1CC1)C1CC1. The highest BCUT2D eigenvalue weighted by atomic mass is 32.1. The van der Waals surface area contributed by atoms with Gasteiger partial charge in [0.05, 0.1) is 18.1 Å². The number of benzene rings is 1. The average Bonchev–Trinajstić information content (AvgIpc) is 3.65. The summed E-state index contributed by atoms with van der Waals surface area (Å²) in [6.07, 6.45) is 3.97. The van der Waals surface area contributed by atoms with E-state index in [1.807, 2.05) is 6.07 Å². The Balaban J connectivity index is 1.54. The van der Waals surface area contributed by atoms with Crippen LogP contribution in [0.15, 0.2) is 24.3 Å². The van der Waals surface area contributed by atoms with Gasteiger partial charge in [0.15, 0.2) is 5.11 Å². The van der Waals surface area contributed by atoms with E-state index in [2.05, 4.69) is 21.3 Å². The Morgan fingerprint density at radius 2 is 1.66 bits per heavy atom. The first-order valence-electron chi connectivity index (χ1n) is 10.7. The van der Waals surface area contributed by atoms with Gasteiger partial charge in [-0.05, 0) is 80.9 Å². The van der Waals surface area contributed by atoms with Crippen molar-refractivity contribution >= 4 is 40.8 Å². The van der Waals surface area contributed by atoms with Gasteiger partial charge in [0.2, 0.25) is 11.8 Å². The lowest BCUT2D eigenvalue weighted by atomic mass is 10.1. The highest BCUT2D eigenvalue weighted by Gasteiger charge is 2.42. The van der Waals surface area contributed by atoms with Gasteiger partial charge in [-0.25, -0.2) is 0 Å². The van der Waals surface area contributed by atoms with Crippen molar-refractivity contribution in [3.63, 3.8) is 0 Å². The first-order chi connectivity index (χ1) is 15.3. The van der Waals surface area contributed by atoms with E-state index < -0.39 is 30.4 Å². The summed E-state index contributed by atoms with van der Waals surface area (Å²) in [6, 6.07) is 6.69. The van der Waals surface area contributed by atoms with Crippen molar-refractivity contribution in [2.45, 2.75) is 57.2 Å². The summed E-state index contributed by atoms with van der Waals surface area (Å²) in [7, 11) is 0. The molecule has 9 nitrogen and oxygen atoms in total. The number of nitriles is 1. The van der Waals surface area contributed by atoms with Crippen molar-refractivity contribution in [3.05, 3.63) is 29.8 Å². The van der Waals surface area contributed by atoms with Gasteiger partial charge in [0.25, 0.3) is 0 Å². The van der Waals surface area contributed by atoms with Crippen LogP contribution in [0.25, 0.3) is 0 Å². The second-order valence-electron chi connectivity index (χ2n) is 8.38. The molecule has 3 rings (SSSR count). The van der Waals surface area contributed by atoms with Crippen LogP contribution >= 0.6 is 12.2 Å². The van der Waals surface area contributed by atoms with Crippen LogP contribution in [-0.4, -0.2) is 46.1 Å². The van der Waals surface area contributed by atoms with E-state index in [-0.39, 0.29) is 17.1 Å². The Morgan fingerprint density at radius 1 is 1.06 bits per heavy atom. The molecule has 0 radical (unpaired) electrons. The second-order valence-corrected chi connectivity index (χ2v) is 8.79. The summed E-state index contributed by atoms with van der Waals surface area (Å²) in [5.41, 5.74) is 1.06. The number of hydrogen-bond donors (Lipinski definition) is 5. The topological polar surface area (TPSA) is 143 Å². The Morgan fingerprint density at radius 3 is 2.16 bits per heavy atom. The maximum atomic E-state index is 12.7. The Kier molecular flexibility index (Phi) is 7.64. The fourth-order valence-electron chi connectivity index (χ4n) is 3.54. The zero-order chi connectivity index (χ0) is 23.3. The van der Waals surface area contributed by atoms with Crippen molar-refractivity contribution in [2.24, 2.45) is 11.8 Å². The number of rotatable bonds is 10. The van der Waals surface area contributed by atoms with Crippen LogP contribution in [0, 0.1) is 23.2 Å². The van der Waals surface area contributed by atoms with Crippen LogP contribution in [0.5, 0.6) is 0 Å². The molecule has 2 aliphatic carbocycles. The van der Waals surface area contributed by atoms with Crippen LogP contribution in [0.1, 0.15) is 44.6 Å². The number of hydrogen-bond acceptors (Lipinski definition) is 5. The van der Waals surface area contributed by atoms with E-state index in [1.165, 1.54) is 0 Å². The molecule has 0 aromatic heterocycles. The van der Waals surface area contributed by atoms with Crippen molar-refractivity contribution in [2.75, 3.05) is 5.32 Å². The second kappa shape index (κ2) is 10.4. The minimum atomic E-state index is -1.18. The molecule has 2 atom stereocenters. The largest absolute Gasteiger partial charge is 0.481 e. The average molecular weight is 458 g/mol. The summed E-state index contributed by atoms with van der Waals surface area (Å²) in [5.74, 6) is -1.02. The molecule has 0 aliphatic heterocycles. The van der Waals surface area contributed by atoms with E-state index in [4.69, 9.17) is 17.5 Å². The van der Waals surface area contributed by atoms with Crippen LogP contribution in [0.4, 0.5) is 5.69 Å². The first kappa shape index (κ1) is 23.5. The van der Waals surface area contributed by atoms with E-state index >= 15 is 0 Å². The molecule has 2 aliphatic rings. The molecule has 170 valence electrons. The Bertz CT molecular complexity index is 909. The number of aliphatic carboxylic acids is 1. The molecule has 5 N–H and O–H groups in total. The number of amides is 2. The van der Waals surface area contributed by atoms with Crippen molar-refractivity contribution < 1.29 is 19.5 Å². The monoisotopic (exact) mass is 457 g/mol. The molecular weight excluding hydrogens is 430 g/mol. The minimum Gasteiger partial charge on any atom is -0.481 e. The summed E-state index contributed by atoms with van der Waals surface area (Å²) in [6.45, 7) is 1.58. The fraction of sp³-hybridized carbons (Fsp3) is 0.500. The molecule has 10 heteroatoms. The predicted octanol–water partition coefficient (Wildman–Crippen LogP) is 1.50. The van der Waals surface area contributed by atoms with Crippen LogP contribution in [-0.2, 0) is 14.4 Å². The van der Waals surface area contributed by atoms with Gasteiger partial charge in [0.1, 0.15) is 12.1 Å². The summed E-state index contributed by atoms with van der Waals surface area (Å²) in [5, 5.41) is 29.3. The molecule has 1 aromatic carbocycles. The molecule has 2 amide bonds. The molecule has 2 saturated carbocycles. The molecule has 0 heterocycles. The zero-order valence-electron chi connectivity index (χ0n) is 17.8. The number of nitrogens with one attached hydrogen (secondary N) is 4. The van der Waals surface area contributed by atoms with Gasteiger partial charge in [-0.15, -0.1) is 0 Å². The highest BCUT2D eigenvalue weighted by Crippen LogP contribution is 2.44. The quantitative estimate of drug-likeness (QED) is 0.333. The fourth-order valence-corrected chi connectivity index (χ4v) is 3.80. The zero-order valence-corrected chi connectivity index (χ0v) is 18.6. The number of carboxylic acid groups (broad SMARTS) is 1. The number of carbonyl (C=O) groups is 3. The maximum Gasteiger partial charge on any atom is 0.305 e. The van der Waals surface area contributed by atoms with Gasteiger partial charge in [-0.2, -0.15) is 5.26 Å². The van der Waals surface area contributed by atoms with E-state index in [0.29, 0.717) is 23.1 Å². The molecular formula is C22H27N5O4S. The van der Waals surface area contributed by atoms with Gasteiger partial charge < -0.3 is 26.4 Å². The molecule has 0 spiro atoms. The molecule has 2 fully saturated rings. The molecule has 2 unspecified atom stereocenters. The standard InChI is InChI=1S/C22H27N5O4S/c1-12(20(30)27-19(14-4-5-14)15-6-7-15)24-21(31)17(10-18(28)29)26-22(32)25-16-8-2-13(11-23)3-9-16/h2-3,8-9,12,14-15,17,19H,4-7,10H2,1H3,(H,24,31)(H,27,30)(H,28,29)(H2,25,26,32). The lowest BCUT2D eigenvalue weighted by molar-refractivity contribution is -0.140. The van der Waals surface area contributed by atoms with E-state index in [9.17, 15) is 19.5 Å². The molecule has 32 heavy (non-hydrogen) atoms.